The molecule has 3 rings (SSSR count). The van der Waals surface area contributed by atoms with Crippen LogP contribution in [0.2, 0.25) is 0 Å². The number of benzene rings is 3. The van der Waals surface area contributed by atoms with Crippen molar-refractivity contribution in [2.75, 3.05) is 13.1 Å². The number of nitrogens with two attached hydrogens (primary N) is 2. The molecule has 318 valence electrons. The molecule has 0 saturated carbocycles. The van der Waals surface area contributed by atoms with Crippen molar-refractivity contribution < 1.29 is 44.0 Å². The number of nitro groups is 1. The predicted octanol–water partition coefficient (Wildman–Crippen LogP) is 1.63. The van der Waals surface area contributed by atoms with Crippen molar-refractivity contribution in [3.63, 3.8) is 0 Å². The van der Waals surface area contributed by atoms with Crippen molar-refractivity contribution in [3.05, 3.63) is 111 Å². The number of hydrazine groups is 1. The Kier molecular flexibility index (Phi) is 19.1. The molecule has 11 N–H and O–H groups in total. The van der Waals surface area contributed by atoms with E-state index < -0.39 is 64.9 Å². The minimum absolute atomic E-state index is 0.0132. The monoisotopic (exact) mass is 819 g/mol. The number of amides is 4. The van der Waals surface area contributed by atoms with Crippen molar-refractivity contribution in [2.45, 2.75) is 89.6 Å². The second kappa shape index (κ2) is 24.1. The van der Waals surface area contributed by atoms with Crippen LogP contribution >= 0.6 is 0 Å². The number of aryl methyl sites for hydroxylation is 2. The van der Waals surface area contributed by atoms with Gasteiger partial charge in [0.15, 0.2) is 5.03 Å². The minimum Gasteiger partial charge on any atom is -0.508 e. The van der Waals surface area contributed by atoms with Crippen LogP contribution in [0.5, 0.6) is 5.75 Å². The lowest BCUT2D eigenvalue weighted by Gasteiger charge is -2.25. The number of aliphatic carboxylic acids is 1. The molecule has 0 fully saturated rings. The lowest BCUT2D eigenvalue weighted by molar-refractivity contribution is -0.525. The van der Waals surface area contributed by atoms with Gasteiger partial charge in [-0.25, -0.2) is 24.7 Å². The summed E-state index contributed by atoms with van der Waals surface area (Å²) in [7, 11) is 0. The molecule has 3 aromatic carbocycles. The van der Waals surface area contributed by atoms with Crippen LogP contribution in [-0.2, 0) is 43.4 Å². The molecule has 3 aromatic rings. The molecular weight excluding hydrogens is 766 g/mol. The van der Waals surface area contributed by atoms with Gasteiger partial charge in [-0.2, -0.15) is 0 Å². The van der Waals surface area contributed by atoms with Crippen LogP contribution in [0.25, 0.3) is 0 Å². The van der Waals surface area contributed by atoms with Crippen molar-refractivity contribution in [2.24, 2.45) is 16.5 Å². The van der Waals surface area contributed by atoms with Crippen LogP contribution < -0.4 is 38.2 Å². The highest BCUT2D eigenvalue weighted by Gasteiger charge is 2.31. The van der Waals surface area contributed by atoms with E-state index >= 15 is 0 Å². The average molecular weight is 820 g/mol. The molecule has 0 saturated heterocycles. The number of nitrogens with zero attached hydrogens (tertiary/aromatic N) is 2. The molecule has 0 radical (unpaired) electrons. The van der Waals surface area contributed by atoms with E-state index in [0.29, 0.717) is 29.5 Å². The van der Waals surface area contributed by atoms with Crippen LogP contribution in [0.3, 0.4) is 0 Å². The van der Waals surface area contributed by atoms with Crippen LogP contribution in [0, 0.1) is 24.0 Å². The summed E-state index contributed by atoms with van der Waals surface area (Å²) in [6.07, 6.45) is 0.189. The fraction of sp³-hybridized carbons (Fsp3) is 0.400. The number of ether oxygens (including phenoxy) is 1. The lowest BCUT2D eigenvalue weighted by atomic mass is 9.95. The third-order valence-electron chi connectivity index (χ3n) is 9.15. The molecule has 4 amide bonds. The Hall–Kier alpha value is -6.76. The normalized spacial score (nSPS) is 13.2. The zero-order chi connectivity index (χ0) is 43.3. The fourth-order valence-corrected chi connectivity index (χ4v) is 6.08. The van der Waals surface area contributed by atoms with Gasteiger partial charge in [-0.3, -0.25) is 14.4 Å². The number of rotatable bonds is 23. The number of aromatic hydroxyl groups is 1. The zero-order valence-corrected chi connectivity index (χ0v) is 33.0. The van der Waals surface area contributed by atoms with E-state index in [1.807, 2.05) is 30.3 Å². The first kappa shape index (κ1) is 46.6. The number of unbranched alkanes of at least 4 members (excludes halogenated alkanes) is 1. The molecule has 0 aromatic heterocycles. The van der Waals surface area contributed by atoms with E-state index in [1.165, 1.54) is 0 Å². The van der Waals surface area contributed by atoms with Crippen LogP contribution in [0.4, 0.5) is 4.79 Å². The topological polar surface area (TPSA) is 303 Å². The molecular formula is C40H53N9O10. The van der Waals surface area contributed by atoms with E-state index in [1.54, 1.807) is 61.7 Å². The minimum atomic E-state index is -1.33. The molecule has 19 heteroatoms. The molecule has 0 bridgehead atoms. The molecule has 0 aliphatic carbocycles. The quantitative estimate of drug-likeness (QED) is 0.0216. The van der Waals surface area contributed by atoms with Crippen LogP contribution in [0.1, 0.15) is 59.9 Å². The summed E-state index contributed by atoms with van der Waals surface area (Å²) in [5, 5.41) is 40.2. The summed E-state index contributed by atoms with van der Waals surface area (Å²) >= 11 is 0. The number of carbonyl (C=O) groups is 5. The van der Waals surface area contributed by atoms with E-state index in [4.69, 9.17) is 16.2 Å². The second-order valence-electron chi connectivity index (χ2n) is 13.8. The highest BCUT2D eigenvalue weighted by Crippen LogP contribution is 2.22. The summed E-state index contributed by atoms with van der Waals surface area (Å²) in [6.45, 7) is 3.76. The van der Waals surface area contributed by atoms with Crippen molar-refractivity contribution in [1.29, 1.82) is 0 Å². The number of phenols is 1. The van der Waals surface area contributed by atoms with Crippen LogP contribution in [-0.4, -0.2) is 88.2 Å². The Bertz CT molecular complexity index is 1890. The van der Waals surface area contributed by atoms with Gasteiger partial charge in [0.1, 0.15) is 30.5 Å². The average Bonchev–Trinajstić information content (AvgIpc) is 3.18. The van der Waals surface area contributed by atoms with E-state index in [0.717, 1.165) is 11.1 Å². The van der Waals surface area contributed by atoms with E-state index in [2.05, 4.69) is 26.3 Å². The maximum atomic E-state index is 13.9. The molecule has 0 aliphatic heterocycles. The van der Waals surface area contributed by atoms with Crippen LogP contribution in [0.15, 0.2) is 77.8 Å². The van der Waals surface area contributed by atoms with Gasteiger partial charge in [-0.05, 0) is 92.3 Å². The van der Waals surface area contributed by atoms with Gasteiger partial charge in [0.05, 0.1) is 6.04 Å². The highest BCUT2D eigenvalue weighted by atomic mass is 16.7. The molecule has 59 heavy (non-hydrogen) atoms. The first-order valence-electron chi connectivity index (χ1n) is 19.0. The maximum Gasteiger partial charge on any atom is 0.407 e. The number of hydrogen-bond donors (Lipinski definition) is 9. The van der Waals surface area contributed by atoms with Gasteiger partial charge in [-0.1, -0.05) is 66.1 Å². The van der Waals surface area contributed by atoms with Gasteiger partial charge in [0.2, 0.25) is 17.7 Å². The summed E-state index contributed by atoms with van der Waals surface area (Å²) in [4.78, 5) is 80.0. The largest absolute Gasteiger partial charge is 0.508 e. The number of aliphatic imine (C=N–C) groups is 1. The Morgan fingerprint density at radius 3 is 1.97 bits per heavy atom. The number of alkyl carbamates (subject to hydrolysis) is 1. The summed E-state index contributed by atoms with van der Waals surface area (Å²) in [5.41, 5.74) is 17.1. The molecule has 0 heterocycles. The summed E-state index contributed by atoms with van der Waals surface area (Å²) < 4.78 is 5.18. The van der Waals surface area contributed by atoms with Crippen molar-refractivity contribution >= 4 is 35.7 Å². The number of carbonyl (C=O) groups excluding carboxylic acids is 4. The molecule has 0 aliphatic rings. The van der Waals surface area contributed by atoms with Gasteiger partial charge in [0.25, 0.3) is 5.96 Å². The first-order chi connectivity index (χ1) is 28.1. The highest BCUT2D eigenvalue weighted by molar-refractivity contribution is 5.94. The number of phenolic OH excluding ortho intramolecular Hbond substituents is 1. The third-order valence-corrected chi connectivity index (χ3v) is 9.15. The Morgan fingerprint density at radius 2 is 1.36 bits per heavy atom. The number of guanidine groups is 1. The maximum absolute atomic E-state index is 13.9. The standard InChI is InChI=1S/C40H53N9O10/c1-25-20-29(50)21-26(2)30(25)23-31(41)35(51)45-32(17-11-19-43-39(42)48-49(57)58)36(52)47-34(22-27-12-5-3-6-13-27)37(53)46-33(38(54)55)16-9-10-18-44-40(56)59-24-28-14-7-4-8-15-28/h3-8,12-15,20-21,31-34,50H,9-11,16-19,22-24,41H2,1-2H3,(H,44,56)(H,45,51)(H,46,53)(H,47,52)(H,54,55)(H3,42,43,48)/t31-,32+,33-,34-/m0/s1. The molecule has 4 atom stereocenters. The number of carboxylic acids is 1. The summed E-state index contributed by atoms with van der Waals surface area (Å²) in [5.74, 6) is -3.97. The van der Waals surface area contributed by atoms with Gasteiger partial charge in [0, 0.05) is 19.5 Å². The van der Waals surface area contributed by atoms with Crippen molar-refractivity contribution in [1.82, 2.24) is 26.7 Å². The van der Waals surface area contributed by atoms with Gasteiger partial charge < -0.3 is 47.7 Å². The molecule has 0 unspecified atom stereocenters. The second-order valence-corrected chi connectivity index (χ2v) is 13.8. The lowest BCUT2D eigenvalue weighted by Crippen LogP contribution is -2.57. The van der Waals surface area contributed by atoms with Gasteiger partial charge >= 0.3 is 12.1 Å². The molecule has 19 nitrogen and oxygen atoms in total. The smallest absolute Gasteiger partial charge is 0.407 e. The Balaban J connectivity index is 1.70. The zero-order valence-electron chi connectivity index (χ0n) is 33.0. The SMILES string of the molecule is Cc1cc(O)cc(C)c1C[C@H](N)C(=O)N[C@H](CCCN=C(N)N[N+](=O)[O-])C(=O)N[C@@H](Cc1ccccc1)C(=O)N[C@@H](CCCCNC(=O)OCc1ccccc1)C(=O)O. The van der Waals surface area contributed by atoms with E-state index in [9.17, 15) is 44.3 Å². The molecule has 0 spiro atoms. The number of nitrogens with one attached hydrogen (secondary N) is 5. The predicted molar refractivity (Wildman–Crippen MR) is 217 cm³/mol. The Labute approximate surface area is 341 Å². The van der Waals surface area contributed by atoms with Gasteiger partial charge in [-0.15, -0.1) is 0 Å². The fourth-order valence-electron chi connectivity index (χ4n) is 6.08. The summed E-state index contributed by atoms with van der Waals surface area (Å²) in [6, 6.07) is 15.9. The number of hydrogen-bond acceptors (Lipinski definition) is 11. The Morgan fingerprint density at radius 1 is 0.797 bits per heavy atom. The third kappa shape index (κ3) is 17.1. The first-order valence-corrected chi connectivity index (χ1v) is 19.0. The van der Waals surface area contributed by atoms with Crippen molar-refractivity contribution in [3.8, 4) is 5.75 Å². The van der Waals surface area contributed by atoms with E-state index in [-0.39, 0.29) is 57.6 Å². The number of carboxylic acid groups (broad SMARTS) is 1.